The lowest BCUT2D eigenvalue weighted by Gasteiger charge is -2.15. The van der Waals surface area contributed by atoms with Crippen molar-refractivity contribution in [2.75, 3.05) is 18.4 Å². The van der Waals surface area contributed by atoms with Gasteiger partial charge >= 0.3 is 0 Å². The Bertz CT molecular complexity index is 726. The van der Waals surface area contributed by atoms with E-state index in [2.05, 4.69) is 21.3 Å². The molecule has 0 saturated carbocycles. The molecule has 1 fully saturated rings. The zero-order valence-corrected chi connectivity index (χ0v) is 15.4. The number of nitrogens with one attached hydrogen (secondary N) is 1. The van der Waals surface area contributed by atoms with Crippen molar-refractivity contribution in [2.24, 2.45) is 0 Å². The van der Waals surface area contributed by atoms with Crippen LogP contribution >= 0.6 is 11.3 Å². The van der Waals surface area contributed by atoms with Crippen molar-refractivity contribution in [3.05, 3.63) is 46.0 Å². The molecule has 0 spiro atoms. The molecule has 1 aromatic heterocycles. The molecule has 1 aliphatic heterocycles. The van der Waals surface area contributed by atoms with Crippen LogP contribution in [0.2, 0.25) is 0 Å². The number of aryl methyl sites for hydroxylation is 2. The summed E-state index contributed by atoms with van der Waals surface area (Å²) in [5.41, 5.74) is 3.13. The van der Waals surface area contributed by atoms with Crippen molar-refractivity contribution >= 4 is 22.4 Å². The van der Waals surface area contributed by atoms with Gasteiger partial charge in [0.25, 0.3) is 5.91 Å². The third-order valence-electron chi connectivity index (χ3n) is 5.11. The van der Waals surface area contributed by atoms with E-state index < -0.39 is 0 Å². The Morgan fingerprint density at radius 1 is 1.12 bits per heavy atom. The van der Waals surface area contributed by atoms with Gasteiger partial charge in [0.2, 0.25) is 0 Å². The second-order valence-electron chi connectivity index (χ2n) is 7.09. The van der Waals surface area contributed by atoms with Crippen molar-refractivity contribution in [1.82, 2.24) is 9.88 Å². The number of hydrogen-bond acceptors (Lipinski definition) is 4. The minimum absolute atomic E-state index is 0.0489. The number of thiazole rings is 1. The number of aromatic nitrogens is 1. The molecule has 4 rings (SSSR count). The third kappa shape index (κ3) is 4.10. The van der Waals surface area contributed by atoms with Gasteiger partial charge in [-0.1, -0.05) is 18.6 Å². The molecule has 132 valence electrons. The van der Waals surface area contributed by atoms with E-state index in [0.717, 1.165) is 30.1 Å². The zero-order valence-electron chi connectivity index (χ0n) is 14.6. The van der Waals surface area contributed by atoms with E-state index in [1.165, 1.54) is 61.3 Å². The second-order valence-corrected chi connectivity index (χ2v) is 8.17. The average molecular weight is 356 g/mol. The fourth-order valence-corrected chi connectivity index (χ4v) is 4.81. The van der Waals surface area contributed by atoms with Gasteiger partial charge in [-0.2, -0.15) is 0 Å². The summed E-state index contributed by atoms with van der Waals surface area (Å²) in [5.74, 6) is -0.0489. The topological polar surface area (TPSA) is 45.2 Å². The van der Waals surface area contributed by atoms with Crippen LogP contribution < -0.4 is 5.32 Å². The van der Waals surface area contributed by atoms with Crippen molar-refractivity contribution in [3.63, 3.8) is 0 Å². The standard InChI is InChI=1S/C20H25N3OS/c24-19(22-20-21-17-9-2-1-3-10-18(17)25-20)16-8-6-7-15(13-16)14-23-11-4-5-12-23/h6-8,13H,1-5,9-12,14H2,(H,21,22,24). The van der Waals surface area contributed by atoms with Gasteiger partial charge in [0.05, 0.1) is 5.69 Å². The normalized spacial score (nSPS) is 17.9. The van der Waals surface area contributed by atoms with Crippen LogP contribution in [0.25, 0.3) is 0 Å². The van der Waals surface area contributed by atoms with Crippen molar-refractivity contribution < 1.29 is 4.79 Å². The molecule has 0 unspecified atom stereocenters. The average Bonchev–Trinajstić information content (AvgIpc) is 3.20. The van der Waals surface area contributed by atoms with Gasteiger partial charge in [-0.05, 0) is 69.3 Å². The number of anilines is 1. The van der Waals surface area contributed by atoms with Crippen LogP contribution in [0.15, 0.2) is 24.3 Å². The summed E-state index contributed by atoms with van der Waals surface area (Å²) in [6, 6.07) is 8.01. The van der Waals surface area contributed by atoms with Crippen LogP contribution in [0.1, 0.15) is 58.6 Å². The van der Waals surface area contributed by atoms with E-state index in [1.807, 2.05) is 18.2 Å². The number of benzene rings is 1. The maximum atomic E-state index is 12.6. The summed E-state index contributed by atoms with van der Waals surface area (Å²) < 4.78 is 0. The maximum absolute atomic E-state index is 12.6. The van der Waals surface area contributed by atoms with Gasteiger partial charge in [0, 0.05) is 17.0 Å². The molecule has 1 aliphatic carbocycles. The Morgan fingerprint density at radius 3 is 2.84 bits per heavy atom. The summed E-state index contributed by atoms with van der Waals surface area (Å²) >= 11 is 1.65. The largest absolute Gasteiger partial charge is 0.299 e. The number of nitrogens with zero attached hydrogens (tertiary/aromatic N) is 2. The number of amides is 1. The van der Waals surface area contributed by atoms with E-state index in [9.17, 15) is 4.79 Å². The highest BCUT2D eigenvalue weighted by atomic mass is 32.1. The summed E-state index contributed by atoms with van der Waals surface area (Å²) in [6.07, 6.45) is 8.46. The maximum Gasteiger partial charge on any atom is 0.257 e. The Labute approximate surface area is 153 Å². The van der Waals surface area contributed by atoms with Crippen molar-refractivity contribution in [1.29, 1.82) is 0 Å². The first-order valence-corrected chi connectivity index (χ1v) is 10.2. The van der Waals surface area contributed by atoms with Gasteiger partial charge < -0.3 is 0 Å². The number of rotatable bonds is 4. The van der Waals surface area contributed by atoms with E-state index in [0.29, 0.717) is 0 Å². The van der Waals surface area contributed by atoms with Crippen LogP contribution in [0, 0.1) is 0 Å². The molecule has 1 N–H and O–H groups in total. The fourth-order valence-electron chi connectivity index (χ4n) is 3.76. The van der Waals surface area contributed by atoms with Crippen LogP contribution in [-0.4, -0.2) is 28.9 Å². The zero-order chi connectivity index (χ0) is 17.1. The van der Waals surface area contributed by atoms with Crippen LogP contribution in [0.4, 0.5) is 5.13 Å². The SMILES string of the molecule is O=C(Nc1nc2c(s1)CCCCC2)c1cccc(CN2CCCC2)c1. The Balaban J connectivity index is 1.44. The van der Waals surface area contributed by atoms with Crippen LogP contribution in [0.5, 0.6) is 0 Å². The molecule has 2 aliphatic rings. The molecule has 4 nitrogen and oxygen atoms in total. The van der Waals surface area contributed by atoms with Gasteiger partial charge in [0.15, 0.2) is 5.13 Å². The molecule has 25 heavy (non-hydrogen) atoms. The molecule has 0 bridgehead atoms. The summed E-state index contributed by atoms with van der Waals surface area (Å²) in [6.45, 7) is 3.27. The lowest BCUT2D eigenvalue weighted by Crippen LogP contribution is -2.19. The van der Waals surface area contributed by atoms with Gasteiger partial charge in [-0.25, -0.2) is 4.98 Å². The Morgan fingerprint density at radius 2 is 1.96 bits per heavy atom. The quantitative estimate of drug-likeness (QED) is 0.834. The molecule has 0 radical (unpaired) electrons. The molecule has 0 atom stereocenters. The highest BCUT2D eigenvalue weighted by molar-refractivity contribution is 7.15. The Hall–Kier alpha value is -1.72. The second kappa shape index (κ2) is 7.67. The fraction of sp³-hybridized carbons (Fsp3) is 0.500. The van der Waals surface area contributed by atoms with E-state index in [4.69, 9.17) is 0 Å². The first-order valence-electron chi connectivity index (χ1n) is 9.39. The van der Waals surface area contributed by atoms with Gasteiger partial charge in [-0.15, -0.1) is 11.3 Å². The predicted molar refractivity (Wildman–Crippen MR) is 102 cm³/mol. The van der Waals surface area contributed by atoms with E-state index in [1.54, 1.807) is 11.3 Å². The molecular weight excluding hydrogens is 330 g/mol. The first kappa shape index (κ1) is 16.7. The van der Waals surface area contributed by atoms with Crippen molar-refractivity contribution in [3.8, 4) is 0 Å². The molecule has 2 heterocycles. The summed E-state index contributed by atoms with van der Waals surface area (Å²) in [5, 5.41) is 3.76. The highest BCUT2D eigenvalue weighted by Gasteiger charge is 2.17. The molecule has 2 aromatic rings. The number of carbonyl (C=O) groups excluding carboxylic acids is 1. The Kier molecular flexibility index (Phi) is 5.13. The van der Waals surface area contributed by atoms with Crippen LogP contribution in [0.3, 0.4) is 0 Å². The van der Waals surface area contributed by atoms with Gasteiger partial charge in [-0.3, -0.25) is 15.0 Å². The summed E-state index contributed by atoms with van der Waals surface area (Å²) in [7, 11) is 0. The summed E-state index contributed by atoms with van der Waals surface area (Å²) in [4.78, 5) is 21.1. The minimum Gasteiger partial charge on any atom is -0.299 e. The number of fused-ring (bicyclic) bond motifs is 1. The smallest absolute Gasteiger partial charge is 0.257 e. The van der Waals surface area contributed by atoms with Gasteiger partial charge in [0.1, 0.15) is 0 Å². The van der Waals surface area contributed by atoms with E-state index >= 15 is 0 Å². The lowest BCUT2D eigenvalue weighted by atomic mass is 10.1. The molecule has 1 aromatic carbocycles. The number of likely N-dealkylation sites (tertiary alicyclic amines) is 1. The van der Waals surface area contributed by atoms with Crippen molar-refractivity contribution in [2.45, 2.75) is 51.5 Å². The monoisotopic (exact) mass is 355 g/mol. The minimum atomic E-state index is -0.0489. The third-order valence-corrected chi connectivity index (χ3v) is 6.18. The predicted octanol–water partition coefficient (Wildman–Crippen LogP) is 4.26. The number of carbonyl (C=O) groups is 1. The van der Waals surface area contributed by atoms with Crippen LogP contribution in [-0.2, 0) is 19.4 Å². The molecule has 5 heteroatoms. The lowest BCUT2D eigenvalue weighted by molar-refractivity contribution is 0.102. The molecule has 1 amide bonds. The highest BCUT2D eigenvalue weighted by Crippen LogP contribution is 2.29. The van der Waals surface area contributed by atoms with E-state index in [-0.39, 0.29) is 5.91 Å². The number of hydrogen-bond donors (Lipinski definition) is 1. The molecule has 1 saturated heterocycles. The first-order chi connectivity index (χ1) is 12.3. The molecular formula is C20H25N3OS.